The lowest BCUT2D eigenvalue weighted by atomic mass is 10.1. The van der Waals surface area contributed by atoms with Crippen LogP contribution in [0.2, 0.25) is 0 Å². The van der Waals surface area contributed by atoms with Crippen LogP contribution in [0.4, 0.5) is 38.7 Å². The fourth-order valence-corrected chi connectivity index (χ4v) is 6.18. The number of benzene rings is 1. The Morgan fingerprint density at radius 1 is 1.17 bits per heavy atom. The maximum atomic E-state index is 15.7. The third-order valence-corrected chi connectivity index (χ3v) is 8.17. The molecule has 2 atom stereocenters. The lowest BCUT2D eigenvalue weighted by Crippen LogP contribution is -2.54. The molecule has 0 spiro atoms. The summed E-state index contributed by atoms with van der Waals surface area (Å²) >= 11 is 1.18. The van der Waals surface area contributed by atoms with Crippen molar-refractivity contribution in [3.05, 3.63) is 46.6 Å². The normalized spacial score (nSPS) is 19.8. The van der Waals surface area contributed by atoms with Gasteiger partial charge in [0.05, 0.1) is 23.9 Å². The first-order valence-corrected chi connectivity index (χ1v) is 13.8. The van der Waals surface area contributed by atoms with Crippen molar-refractivity contribution in [3.63, 3.8) is 0 Å². The number of thiazole rings is 1. The van der Waals surface area contributed by atoms with Gasteiger partial charge in [0.25, 0.3) is 0 Å². The number of alkyl halides is 3. The van der Waals surface area contributed by atoms with Crippen LogP contribution in [-0.4, -0.2) is 71.8 Å². The van der Waals surface area contributed by atoms with Gasteiger partial charge in [-0.1, -0.05) is 18.8 Å². The number of anilines is 3. The van der Waals surface area contributed by atoms with E-state index >= 15 is 4.39 Å². The Morgan fingerprint density at radius 2 is 1.98 bits per heavy atom. The molecule has 0 bridgehead atoms. The van der Waals surface area contributed by atoms with Crippen molar-refractivity contribution in [2.24, 2.45) is 0 Å². The number of nitrogens with zero attached hydrogens (tertiary/aromatic N) is 5. The van der Waals surface area contributed by atoms with Gasteiger partial charge in [0.15, 0.2) is 16.8 Å². The van der Waals surface area contributed by atoms with Crippen LogP contribution in [0, 0.1) is 11.6 Å². The summed E-state index contributed by atoms with van der Waals surface area (Å²) in [6, 6.07) is 2.54. The lowest BCUT2D eigenvalue weighted by Gasteiger charge is -2.36. The van der Waals surface area contributed by atoms with Crippen LogP contribution in [0.15, 0.2) is 24.5 Å². The van der Waals surface area contributed by atoms with Crippen molar-refractivity contribution in [2.45, 2.75) is 52.0 Å². The fourth-order valence-electron chi connectivity index (χ4n) is 5.17. The summed E-state index contributed by atoms with van der Waals surface area (Å²) in [6.07, 6.45) is -1.47. The first-order valence-electron chi connectivity index (χ1n) is 13.0. The second-order valence-corrected chi connectivity index (χ2v) is 11.1. The van der Waals surface area contributed by atoms with Crippen LogP contribution in [0.25, 0.3) is 11.3 Å². The Hall–Kier alpha value is -2.94. The van der Waals surface area contributed by atoms with E-state index in [4.69, 9.17) is 4.74 Å². The van der Waals surface area contributed by atoms with Gasteiger partial charge in [0.2, 0.25) is 5.82 Å². The second kappa shape index (κ2) is 12.9. The standard InChI is InChI=1S/C26H30F5N7OS.CH4/c1-15-4-3-6-37(15)12-20-22(16-8-17(26(29,30)31)10-18(27)9-16)35-25(40-20)36-23-21(28)24(34-14-33-23)38-7-5-32-11-19(38)13-39-2;/h8-10,14-15,19,32H,3-7,11-13H2,1-2H3,(H,33,34,35,36);1H4/t15-,19+;/m1./s1. The van der Waals surface area contributed by atoms with E-state index in [9.17, 15) is 17.6 Å². The van der Waals surface area contributed by atoms with E-state index < -0.39 is 23.4 Å². The van der Waals surface area contributed by atoms with Gasteiger partial charge in [-0.05, 0) is 44.5 Å². The number of nitrogens with one attached hydrogen (secondary N) is 2. The second-order valence-electron chi connectivity index (χ2n) is 9.97. The average molecular weight is 600 g/mol. The molecular formula is C27H34F5N7OS. The molecule has 14 heteroatoms. The quantitative estimate of drug-likeness (QED) is 0.320. The monoisotopic (exact) mass is 599 g/mol. The topological polar surface area (TPSA) is 78.4 Å². The minimum Gasteiger partial charge on any atom is -0.383 e. The van der Waals surface area contributed by atoms with Crippen molar-refractivity contribution < 1.29 is 26.7 Å². The molecule has 2 aromatic heterocycles. The van der Waals surface area contributed by atoms with Crippen molar-refractivity contribution in [1.82, 2.24) is 25.2 Å². The highest BCUT2D eigenvalue weighted by atomic mass is 32.1. The van der Waals surface area contributed by atoms with Gasteiger partial charge in [0.1, 0.15) is 12.1 Å². The van der Waals surface area contributed by atoms with Crippen molar-refractivity contribution in [2.75, 3.05) is 50.1 Å². The molecule has 3 aromatic rings. The molecule has 5 rings (SSSR count). The number of hydrogen-bond donors (Lipinski definition) is 2. The Kier molecular flexibility index (Phi) is 9.77. The van der Waals surface area contributed by atoms with Crippen LogP contribution >= 0.6 is 11.3 Å². The fraction of sp³-hybridized carbons (Fsp3) is 0.519. The molecule has 0 amide bonds. The van der Waals surface area contributed by atoms with Gasteiger partial charge >= 0.3 is 6.18 Å². The van der Waals surface area contributed by atoms with E-state index in [1.807, 2.05) is 4.90 Å². The number of hydrogen-bond acceptors (Lipinski definition) is 9. The molecular weight excluding hydrogens is 565 g/mol. The summed E-state index contributed by atoms with van der Waals surface area (Å²) in [6.45, 7) is 5.47. The molecule has 41 heavy (non-hydrogen) atoms. The third-order valence-electron chi connectivity index (χ3n) is 7.21. The Labute approximate surface area is 240 Å². The van der Waals surface area contributed by atoms with Crippen LogP contribution in [-0.2, 0) is 17.5 Å². The highest BCUT2D eigenvalue weighted by Gasteiger charge is 2.33. The maximum absolute atomic E-state index is 15.7. The molecule has 0 aliphatic carbocycles. The van der Waals surface area contributed by atoms with Crippen molar-refractivity contribution in [1.29, 1.82) is 0 Å². The molecule has 1 aromatic carbocycles. The SMILES string of the molecule is C.COC[C@@H]1CNCCN1c1ncnc(Nc2nc(-c3cc(F)cc(C(F)(F)F)c3)c(CN3CCC[C@H]3C)s2)c1F. The zero-order chi connectivity index (χ0) is 28.4. The summed E-state index contributed by atoms with van der Waals surface area (Å²) in [5.41, 5.74) is -0.877. The van der Waals surface area contributed by atoms with E-state index in [2.05, 4.69) is 37.4 Å². The maximum Gasteiger partial charge on any atom is 0.416 e. The molecule has 2 saturated heterocycles. The van der Waals surface area contributed by atoms with Crippen LogP contribution < -0.4 is 15.5 Å². The largest absolute Gasteiger partial charge is 0.416 e. The molecule has 2 aliphatic heterocycles. The lowest BCUT2D eigenvalue weighted by molar-refractivity contribution is -0.137. The number of methoxy groups -OCH3 is 1. The van der Waals surface area contributed by atoms with Gasteiger partial charge in [-0.25, -0.2) is 19.3 Å². The molecule has 2 aliphatic rings. The van der Waals surface area contributed by atoms with Gasteiger partial charge in [-0.3, -0.25) is 4.90 Å². The van der Waals surface area contributed by atoms with Crippen LogP contribution in [0.3, 0.4) is 0 Å². The predicted molar refractivity (Wildman–Crippen MR) is 149 cm³/mol. The smallest absolute Gasteiger partial charge is 0.383 e. The van der Waals surface area contributed by atoms with E-state index in [-0.39, 0.29) is 47.5 Å². The van der Waals surface area contributed by atoms with Gasteiger partial charge in [-0.15, -0.1) is 0 Å². The summed E-state index contributed by atoms with van der Waals surface area (Å²) in [5.74, 6) is -1.69. The molecule has 0 radical (unpaired) electrons. The Bertz CT molecular complexity index is 1340. The number of likely N-dealkylation sites (tertiary alicyclic amines) is 1. The molecule has 8 nitrogen and oxygen atoms in total. The number of halogens is 5. The highest BCUT2D eigenvalue weighted by Crippen LogP contribution is 2.39. The minimum absolute atomic E-state index is 0. The van der Waals surface area contributed by atoms with Gasteiger partial charge in [-0.2, -0.15) is 17.6 Å². The van der Waals surface area contributed by atoms with E-state index in [1.54, 1.807) is 7.11 Å². The molecule has 0 unspecified atom stereocenters. The van der Waals surface area contributed by atoms with Crippen LogP contribution in [0.1, 0.15) is 37.6 Å². The van der Waals surface area contributed by atoms with E-state index in [0.29, 0.717) is 43.7 Å². The van der Waals surface area contributed by atoms with Crippen molar-refractivity contribution >= 4 is 28.1 Å². The number of aromatic nitrogens is 3. The summed E-state index contributed by atoms with van der Waals surface area (Å²) < 4.78 is 75.7. The number of rotatable bonds is 8. The summed E-state index contributed by atoms with van der Waals surface area (Å²) in [7, 11) is 1.58. The zero-order valence-electron chi connectivity index (χ0n) is 22.1. The Morgan fingerprint density at radius 3 is 2.68 bits per heavy atom. The van der Waals surface area contributed by atoms with Crippen molar-refractivity contribution in [3.8, 4) is 11.3 Å². The first kappa shape index (κ1) is 31.0. The molecule has 0 saturated carbocycles. The summed E-state index contributed by atoms with van der Waals surface area (Å²) in [5, 5.41) is 6.38. The highest BCUT2D eigenvalue weighted by molar-refractivity contribution is 7.16. The number of ether oxygens (including phenoxy) is 1. The number of piperazine rings is 1. The van der Waals surface area contributed by atoms with Crippen LogP contribution in [0.5, 0.6) is 0 Å². The minimum atomic E-state index is -4.72. The molecule has 2 N–H and O–H groups in total. The van der Waals surface area contributed by atoms with Gasteiger partial charge < -0.3 is 20.3 Å². The van der Waals surface area contributed by atoms with E-state index in [1.165, 1.54) is 17.7 Å². The molecule has 224 valence electrons. The Balaban J connectivity index is 0.00000387. The average Bonchev–Trinajstić information content (AvgIpc) is 3.51. The van der Waals surface area contributed by atoms with Gasteiger partial charge in [0, 0.05) is 49.8 Å². The molecule has 2 fully saturated rings. The molecule has 4 heterocycles. The van der Waals surface area contributed by atoms with E-state index in [0.717, 1.165) is 31.5 Å². The zero-order valence-corrected chi connectivity index (χ0v) is 22.9. The summed E-state index contributed by atoms with van der Waals surface area (Å²) in [4.78, 5) is 17.4. The first-order chi connectivity index (χ1) is 19.1. The third kappa shape index (κ3) is 6.93. The predicted octanol–water partition coefficient (Wildman–Crippen LogP) is 5.69.